The molecule has 0 aliphatic carbocycles. The second-order valence-electron chi connectivity index (χ2n) is 5.82. The van der Waals surface area contributed by atoms with Gasteiger partial charge in [0, 0.05) is 25.7 Å². The third kappa shape index (κ3) is 6.12. The third-order valence-corrected chi connectivity index (χ3v) is 3.82. The number of hydrogen-bond donors (Lipinski definition) is 4. The van der Waals surface area contributed by atoms with E-state index >= 15 is 0 Å². The molecule has 0 radical (unpaired) electrons. The number of rotatable bonds is 7. The number of phenols is 1. The average Bonchev–Trinajstić information content (AvgIpc) is 2.67. The molecule has 6 nitrogen and oxygen atoms in total. The first kappa shape index (κ1) is 19.3. The Bertz CT molecular complexity index is 742. The van der Waals surface area contributed by atoms with Crippen LogP contribution < -0.4 is 16.0 Å². The minimum atomic E-state index is -0.0800. The summed E-state index contributed by atoms with van der Waals surface area (Å²) >= 11 is 0. The maximum atomic E-state index is 11.7. The molecule has 0 aliphatic heterocycles. The van der Waals surface area contributed by atoms with Crippen molar-refractivity contribution in [2.24, 2.45) is 4.99 Å². The lowest BCUT2D eigenvalue weighted by Crippen LogP contribution is -2.38. The summed E-state index contributed by atoms with van der Waals surface area (Å²) in [5.74, 6) is 0.911. The molecule has 0 heterocycles. The fourth-order valence-corrected chi connectivity index (χ4v) is 2.45. The molecule has 0 aliphatic rings. The highest BCUT2D eigenvalue weighted by atomic mass is 16.3. The molecule has 0 saturated carbocycles. The minimum absolute atomic E-state index is 0.0800. The van der Waals surface area contributed by atoms with Crippen LogP contribution in [0.2, 0.25) is 0 Å². The van der Waals surface area contributed by atoms with Crippen LogP contribution in [0, 0.1) is 0 Å². The molecule has 138 valence electrons. The van der Waals surface area contributed by atoms with Gasteiger partial charge in [0.05, 0.1) is 6.54 Å². The fraction of sp³-hybridized carbons (Fsp3) is 0.300. The number of amides is 1. The molecule has 2 rings (SSSR count). The molecule has 0 atom stereocenters. The number of carbonyl (C=O) groups is 1. The van der Waals surface area contributed by atoms with E-state index in [0.717, 1.165) is 30.1 Å². The Balaban J connectivity index is 1.90. The zero-order valence-electron chi connectivity index (χ0n) is 15.2. The number of benzene rings is 2. The van der Waals surface area contributed by atoms with E-state index < -0.39 is 0 Å². The highest BCUT2D eigenvalue weighted by Gasteiger charge is 2.04. The lowest BCUT2D eigenvalue weighted by molar-refractivity contribution is 0.0963. The smallest absolute Gasteiger partial charge is 0.251 e. The maximum absolute atomic E-state index is 11.7. The van der Waals surface area contributed by atoms with Crippen LogP contribution in [0.5, 0.6) is 5.75 Å². The Labute approximate surface area is 154 Å². The van der Waals surface area contributed by atoms with Gasteiger partial charge in [-0.05, 0) is 48.7 Å². The van der Waals surface area contributed by atoms with E-state index in [-0.39, 0.29) is 11.7 Å². The van der Waals surface area contributed by atoms with E-state index in [1.54, 1.807) is 25.2 Å². The molecular weight excluding hydrogens is 328 g/mol. The summed E-state index contributed by atoms with van der Waals surface area (Å²) in [7, 11) is 1.63. The second kappa shape index (κ2) is 10.1. The normalized spacial score (nSPS) is 11.1. The molecule has 2 aromatic rings. The van der Waals surface area contributed by atoms with Crippen LogP contribution in [0.1, 0.15) is 28.4 Å². The molecule has 0 unspecified atom stereocenters. The Morgan fingerprint density at radius 2 is 1.85 bits per heavy atom. The zero-order valence-corrected chi connectivity index (χ0v) is 15.2. The summed E-state index contributed by atoms with van der Waals surface area (Å²) in [6, 6.07) is 14.6. The van der Waals surface area contributed by atoms with E-state index in [0.29, 0.717) is 18.7 Å². The summed E-state index contributed by atoms with van der Waals surface area (Å²) in [5.41, 5.74) is 2.78. The van der Waals surface area contributed by atoms with Gasteiger partial charge in [-0.1, -0.05) is 24.3 Å². The highest BCUT2D eigenvalue weighted by molar-refractivity contribution is 5.94. The largest absolute Gasteiger partial charge is 0.508 e. The molecular formula is C20H26N4O2. The zero-order chi connectivity index (χ0) is 18.8. The van der Waals surface area contributed by atoms with Crippen LogP contribution in [-0.4, -0.2) is 37.1 Å². The second-order valence-corrected chi connectivity index (χ2v) is 5.82. The molecule has 0 fully saturated rings. The lowest BCUT2D eigenvalue weighted by atomic mass is 10.1. The number of aromatic hydroxyl groups is 1. The molecule has 0 saturated heterocycles. The summed E-state index contributed by atoms with van der Waals surface area (Å²) in [4.78, 5) is 16.3. The number of nitrogens with zero attached hydrogens (tertiary/aromatic N) is 1. The fourth-order valence-electron chi connectivity index (χ4n) is 2.45. The van der Waals surface area contributed by atoms with Crippen molar-refractivity contribution in [3.63, 3.8) is 0 Å². The maximum Gasteiger partial charge on any atom is 0.251 e. The summed E-state index contributed by atoms with van der Waals surface area (Å²) in [5, 5.41) is 18.5. The first-order valence-corrected chi connectivity index (χ1v) is 8.73. The lowest BCUT2D eigenvalue weighted by Gasteiger charge is -2.12. The Hall–Kier alpha value is -3.02. The van der Waals surface area contributed by atoms with Crippen LogP contribution >= 0.6 is 0 Å². The van der Waals surface area contributed by atoms with Gasteiger partial charge in [-0.15, -0.1) is 0 Å². The van der Waals surface area contributed by atoms with Crippen molar-refractivity contribution < 1.29 is 9.90 Å². The SMILES string of the molecule is CCNC(=NCc1ccc(O)cc1)NCCc1cccc(C(=O)NC)c1. The van der Waals surface area contributed by atoms with E-state index in [1.165, 1.54) is 0 Å². The minimum Gasteiger partial charge on any atom is -0.508 e. The number of nitrogens with one attached hydrogen (secondary N) is 3. The van der Waals surface area contributed by atoms with Crippen molar-refractivity contribution in [2.75, 3.05) is 20.1 Å². The molecule has 26 heavy (non-hydrogen) atoms. The molecule has 0 spiro atoms. The monoisotopic (exact) mass is 354 g/mol. The molecule has 4 N–H and O–H groups in total. The van der Waals surface area contributed by atoms with Gasteiger partial charge < -0.3 is 21.1 Å². The van der Waals surface area contributed by atoms with Crippen LogP contribution in [0.3, 0.4) is 0 Å². The molecule has 1 amide bonds. The summed E-state index contributed by atoms with van der Waals surface area (Å²) < 4.78 is 0. The van der Waals surface area contributed by atoms with Crippen molar-refractivity contribution >= 4 is 11.9 Å². The van der Waals surface area contributed by atoms with E-state index in [4.69, 9.17) is 0 Å². The number of hydrogen-bond acceptors (Lipinski definition) is 3. The number of phenolic OH excluding ortho intramolecular Hbond substituents is 1. The van der Waals surface area contributed by atoms with Crippen LogP contribution in [0.15, 0.2) is 53.5 Å². The summed E-state index contributed by atoms with van der Waals surface area (Å²) in [6.45, 7) is 4.03. The van der Waals surface area contributed by atoms with Crippen LogP contribution in [-0.2, 0) is 13.0 Å². The van der Waals surface area contributed by atoms with Crippen LogP contribution in [0.4, 0.5) is 0 Å². The predicted octanol–water partition coefficient (Wildman–Crippen LogP) is 2.05. The Morgan fingerprint density at radius 1 is 1.08 bits per heavy atom. The van der Waals surface area contributed by atoms with Gasteiger partial charge in [-0.2, -0.15) is 0 Å². The van der Waals surface area contributed by atoms with Crippen molar-refractivity contribution in [3.8, 4) is 5.75 Å². The first-order chi connectivity index (χ1) is 12.6. The first-order valence-electron chi connectivity index (χ1n) is 8.73. The van der Waals surface area contributed by atoms with Crippen molar-refractivity contribution in [1.82, 2.24) is 16.0 Å². The average molecular weight is 354 g/mol. The number of carbonyl (C=O) groups excluding carboxylic acids is 1. The van der Waals surface area contributed by atoms with Gasteiger partial charge in [0.15, 0.2) is 5.96 Å². The van der Waals surface area contributed by atoms with Crippen molar-refractivity contribution in [2.45, 2.75) is 19.9 Å². The van der Waals surface area contributed by atoms with Gasteiger partial charge in [0.25, 0.3) is 5.91 Å². The van der Waals surface area contributed by atoms with E-state index in [9.17, 15) is 9.90 Å². The van der Waals surface area contributed by atoms with Gasteiger partial charge in [0.1, 0.15) is 5.75 Å². The molecule has 2 aromatic carbocycles. The summed E-state index contributed by atoms with van der Waals surface area (Å²) in [6.07, 6.45) is 0.786. The van der Waals surface area contributed by atoms with Gasteiger partial charge in [-0.3, -0.25) is 4.79 Å². The molecule has 0 aromatic heterocycles. The van der Waals surface area contributed by atoms with E-state index in [2.05, 4.69) is 20.9 Å². The van der Waals surface area contributed by atoms with Crippen LogP contribution in [0.25, 0.3) is 0 Å². The Kier molecular flexibility index (Phi) is 7.49. The molecule has 0 bridgehead atoms. The quantitative estimate of drug-likeness (QED) is 0.453. The van der Waals surface area contributed by atoms with Gasteiger partial charge in [0.2, 0.25) is 0 Å². The molecule has 6 heteroatoms. The predicted molar refractivity (Wildman–Crippen MR) is 104 cm³/mol. The number of aliphatic imine (C=N–C) groups is 1. The highest BCUT2D eigenvalue weighted by Crippen LogP contribution is 2.10. The van der Waals surface area contributed by atoms with Crippen molar-refractivity contribution in [3.05, 3.63) is 65.2 Å². The topological polar surface area (TPSA) is 85.8 Å². The number of guanidine groups is 1. The standard InChI is InChI=1S/C20H26N4O2/c1-3-22-20(24-14-16-7-9-18(25)10-8-16)23-12-11-15-5-4-6-17(13-15)19(26)21-2/h4-10,13,25H,3,11-12,14H2,1-2H3,(H,21,26)(H2,22,23,24). The van der Waals surface area contributed by atoms with Gasteiger partial charge in [-0.25, -0.2) is 4.99 Å². The Morgan fingerprint density at radius 3 is 2.54 bits per heavy atom. The van der Waals surface area contributed by atoms with Crippen molar-refractivity contribution in [1.29, 1.82) is 0 Å². The van der Waals surface area contributed by atoms with Gasteiger partial charge >= 0.3 is 0 Å². The third-order valence-electron chi connectivity index (χ3n) is 3.82. The van der Waals surface area contributed by atoms with E-state index in [1.807, 2.05) is 37.3 Å².